The summed E-state index contributed by atoms with van der Waals surface area (Å²) in [4.78, 5) is 21.0. The van der Waals surface area contributed by atoms with E-state index in [1.807, 2.05) is 18.7 Å². The summed E-state index contributed by atoms with van der Waals surface area (Å²) in [6.07, 6.45) is -2.12. The minimum absolute atomic E-state index is 0.107. The largest absolute Gasteiger partial charge is 0.491 e. The fourth-order valence-corrected chi connectivity index (χ4v) is 5.98. The van der Waals surface area contributed by atoms with Crippen LogP contribution in [0, 0.1) is 5.92 Å². The van der Waals surface area contributed by atoms with E-state index in [1.165, 1.54) is 46.3 Å². The number of methoxy groups -OCH3 is 1. The number of rotatable bonds is 6. The zero-order valence-corrected chi connectivity index (χ0v) is 25.4. The maximum Gasteiger partial charge on any atom is 0.416 e. The van der Waals surface area contributed by atoms with Crippen molar-refractivity contribution in [3.63, 3.8) is 0 Å². The standard InChI is InChI=1S/C29H36F3N5O5S/c1-19-13-37(14-21-7-6-8-22(11-21)29(30,31)32)20(2)17-42-25-10-9-23(34-43(39,40)27-16-35(3)18-33-27)12-24(25)28(38)36(4)15-26(19)41-5/h6-12,16,18-20,26,34H,13-15,17H2,1-5H3/t19-,20-,26-/m1/s1. The number of carbonyl (C=O) groups excluding carboxylic acids is 1. The summed E-state index contributed by atoms with van der Waals surface area (Å²) in [5.74, 6) is -0.257. The fraction of sp³-hybridized carbons (Fsp3) is 0.448. The summed E-state index contributed by atoms with van der Waals surface area (Å²) in [6.45, 7) is 4.91. The normalized spacial score (nSPS) is 21.0. The predicted octanol–water partition coefficient (Wildman–Crippen LogP) is 4.25. The molecule has 3 atom stereocenters. The number of sulfonamides is 1. The number of imidazole rings is 1. The number of benzene rings is 2. The summed E-state index contributed by atoms with van der Waals surface area (Å²) < 4.78 is 81.7. The second-order valence-corrected chi connectivity index (χ2v) is 12.5. The van der Waals surface area contributed by atoms with E-state index in [4.69, 9.17) is 9.47 Å². The van der Waals surface area contributed by atoms with Crippen LogP contribution in [0.25, 0.3) is 0 Å². The van der Waals surface area contributed by atoms with Crippen molar-refractivity contribution in [1.29, 1.82) is 0 Å². The van der Waals surface area contributed by atoms with E-state index < -0.39 is 27.7 Å². The lowest BCUT2D eigenvalue weighted by molar-refractivity contribution is -0.137. The molecule has 0 aliphatic carbocycles. The molecule has 0 unspecified atom stereocenters. The number of nitrogens with one attached hydrogen (secondary N) is 1. The first-order chi connectivity index (χ1) is 20.2. The molecule has 0 spiro atoms. The van der Waals surface area contributed by atoms with Crippen molar-refractivity contribution in [3.8, 4) is 5.75 Å². The number of aryl methyl sites for hydroxylation is 1. The van der Waals surface area contributed by atoms with Gasteiger partial charge in [0.05, 0.1) is 23.6 Å². The number of alkyl halides is 3. The highest BCUT2D eigenvalue weighted by Crippen LogP contribution is 2.31. The van der Waals surface area contributed by atoms with Crippen molar-refractivity contribution in [2.75, 3.05) is 38.6 Å². The van der Waals surface area contributed by atoms with Crippen LogP contribution in [0.15, 0.2) is 60.0 Å². The second kappa shape index (κ2) is 12.9. The van der Waals surface area contributed by atoms with E-state index in [0.29, 0.717) is 12.1 Å². The molecule has 234 valence electrons. The minimum Gasteiger partial charge on any atom is -0.491 e. The predicted molar refractivity (Wildman–Crippen MR) is 154 cm³/mol. The van der Waals surface area contributed by atoms with Crippen LogP contribution in [0.2, 0.25) is 0 Å². The Labute approximate surface area is 249 Å². The van der Waals surface area contributed by atoms with Crippen LogP contribution in [-0.4, -0.2) is 79.7 Å². The fourth-order valence-electron chi connectivity index (χ4n) is 4.95. The molecule has 1 aliphatic heterocycles. The molecule has 0 radical (unpaired) electrons. The smallest absolute Gasteiger partial charge is 0.416 e. The third kappa shape index (κ3) is 7.86. The molecular weight excluding hydrogens is 587 g/mol. The van der Waals surface area contributed by atoms with Crippen LogP contribution < -0.4 is 9.46 Å². The maximum atomic E-state index is 13.6. The first-order valence-electron chi connectivity index (χ1n) is 13.6. The van der Waals surface area contributed by atoms with Crippen molar-refractivity contribution in [2.45, 2.75) is 43.7 Å². The SMILES string of the molecule is CO[C@@H]1CN(C)C(=O)c2cc(NS(=O)(=O)c3cn(C)cn3)ccc2OC[C@@H](C)N(Cc2cccc(C(F)(F)F)c2)C[C@H]1C. The summed E-state index contributed by atoms with van der Waals surface area (Å²) in [5, 5.41) is -0.172. The average Bonchev–Trinajstić information content (AvgIpc) is 3.40. The minimum atomic E-state index is -4.45. The van der Waals surface area contributed by atoms with Gasteiger partial charge in [-0.1, -0.05) is 25.1 Å². The van der Waals surface area contributed by atoms with Gasteiger partial charge in [0.15, 0.2) is 5.03 Å². The van der Waals surface area contributed by atoms with Crippen molar-refractivity contribution < 1.29 is 35.9 Å². The molecule has 2 heterocycles. The van der Waals surface area contributed by atoms with Gasteiger partial charge in [-0.3, -0.25) is 14.4 Å². The molecule has 0 saturated carbocycles. The zero-order valence-electron chi connectivity index (χ0n) is 24.6. The van der Waals surface area contributed by atoms with E-state index in [1.54, 1.807) is 27.3 Å². The number of hydrogen-bond donors (Lipinski definition) is 1. The lowest BCUT2D eigenvalue weighted by Crippen LogP contribution is -2.46. The Hall–Kier alpha value is -3.62. The molecule has 3 aromatic rings. The van der Waals surface area contributed by atoms with Gasteiger partial charge in [0.25, 0.3) is 15.9 Å². The number of hydrogen-bond acceptors (Lipinski definition) is 7. The van der Waals surface area contributed by atoms with Crippen LogP contribution in [0.1, 0.15) is 35.3 Å². The van der Waals surface area contributed by atoms with Gasteiger partial charge in [-0.15, -0.1) is 0 Å². The Morgan fingerprint density at radius 2 is 1.86 bits per heavy atom. The van der Waals surface area contributed by atoms with Crippen LogP contribution in [0.4, 0.5) is 18.9 Å². The highest BCUT2D eigenvalue weighted by Gasteiger charge is 2.32. The van der Waals surface area contributed by atoms with Gasteiger partial charge in [0.1, 0.15) is 12.4 Å². The Morgan fingerprint density at radius 1 is 1.12 bits per heavy atom. The number of carbonyl (C=O) groups is 1. The number of ether oxygens (including phenoxy) is 2. The molecule has 0 bridgehead atoms. The number of fused-ring (bicyclic) bond motifs is 1. The number of anilines is 1. The van der Waals surface area contributed by atoms with Gasteiger partial charge in [0, 0.05) is 58.8 Å². The number of nitrogens with zero attached hydrogens (tertiary/aromatic N) is 4. The molecular formula is C29H36F3N5O5S. The molecule has 1 aromatic heterocycles. The summed E-state index contributed by atoms with van der Waals surface area (Å²) >= 11 is 0. The molecule has 10 nitrogen and oxygen atoms in total. The summed E-state index contributed by atoms with van der Waals surface area (Å²) in [6, 6.07) is 9.41. The van der Waals surface area contributed by atoms with E-state index in [9.17, 15) is 26.4 Å². The summed E-state index contributed by atoms with van der Waals surface area (Å²) in [7, 11) is 0.800. The molecule has 43 heavy (non-hydrogen) atoms. The first kappa shape index (κ1) is 32.3. The van der Waals surface area contributed by atoms with Crippen LogP contribution in [0.3, 0.4) is 0 Å². The Kier molecular flexibility index (Phi) is 9.72. The Balaban J connectivity index is 1.65. The topological polar surface area (TPSA) is 106 Å². The van der Waals surface area contributed by atoms with Gasteiger partial charge in [0.2, 0.25) is 0 Å². The highest BCUT2D eigenvalue weighted by atomic mass is 32.2. The number of amides is 1. The average molecular weight is 624 g/mol. The van der Waals surface area contributed by atoms with Gasteiger partial charge < -0.3 is 18.9 Å². The lowest BCUT2D eigenvalue weighted by atomic mass is 10.0. The van der Waals surface area contributed by atoms with Crippen molar-refractivity contribution in [3.05, 3.63) is 71.7 Å². The molecule has 2 aromatic carbocycles. The molecule has 1 aliphatic rings. The monoisotopic (exact) mass is 623 g/mol. The van der Waals surface area contributed by atoms with Gasteiger partial charge in [-0.25, -0.2) is 4.98 Å². The highest BCUT2D eigenvalue weighted by molar-refractivity contribution is 7.92. The van der Waals surface area contributed by atoms with E-state index in [-0.39, 0.29) is 59.8 Å². The third-order valence-electron chi connectivity index (χ3n) is 7.42. The quantitative estimate of drug-likeness (QED) is 0.438. The van der Waals surface area contributed by atoms with Gasteiger partial charge in [-0.05, 0) is 42.7 Å². The molecule has 1 N–H and O–H groups in total. The molecule has 0 saturated heterocycles. The van der Waals surface area contributed by atoms with Gasteiger partial charge in [-0.2, -0.15) is 21.6 Å². The van der Waals surface area contributed by atoms with E-state index in [2.05, 4.69) is 9.71 Å². The van der Waals surface area contributed by atoms with Crippen molar-refractivity contribution in [1.82, 2.24) is 19.4 Å². The van der Waals surface area contributed by atoms with E-state index >= 15 is 0 Å². The molecule has 4 rings (SSSR count). The Morgan fingerprint density at radius 3 is 2.51 bits per heavy atom. The van der Waals surface area contributed by atoms with Crippen molar-refractivity contribution >= 4 is 21.6 Å². The zero-order chi connectivity index (χ0) is 31.5. The van der Waals surface area contributed by atoms with Crippen molar-refractivity contribution in [2.24, 2.45) is 13.0 Å². The number of likely N-dealkylation sites (N-methyl/N-ethyl adjacent to an activating group) is 1. The second-order valence-electron chi connectivity index (χ2n) is 10.9. The van der Waals surface area contributed by atoms with Crippen LogP contribution in [0.5, 0.6) is 5.75 Å². The van der Waals surface area contributed by atoms with Crippen LogP contribution >= 0.6 is 0 Å². The Bertz CT molecular complexity index is 1550. The molecule has 1 amide bonds. The molecule has 0 fully saturated rings. The first-order valence-corrected chi connectivity index (χ1v) is 15.1. The maximum absolute atomic E-state index is 13.6. The number of halogens is 3. The lowest BCUT2D eigenvalue weighted by Gasteiger charge is -2.36. The third-order valence-corrected chi connectivity index (χ3v) is 8.69. The van der Waals surface area contributed by atoms with E-state index in [0.717, 1.165) is 12.1 Å². The molecule has 14 heteroatoms. The van der Waals surface area contributed by atoms with Gasteiger partial charge >= 0.3 is 6.18 Å². The summed E-state index contributed by atoms with van der Waals surface area (Å²) in [5.41, 5.74) is 0.0863. The number of aromatic nitrogens is 2. The van der Waals surface area contributed by atoms with Crippen LogP contribution in [-0.2, 0) is 34.5 Å².